The standard InChI is InChI=1S/C24H29NO6/c1-15(26)22-23(28)25(24(22)31-16(2)27)19(13-17-5-9-20(29-3)10-6-17)14-18-7-11-21(30-4)12-8-18/h5-12,15,19,22,24,26H,13-14H2,1-4H3/t15-,22+,24-/m1/s1. The summed E-state index contributed by atoms with van der Waals surface area (Å²) in [6, 6.07) is 15.1. The van der Waals surface area contributed by atoms with Gasteiger partial charge in [-0.05, 0) is 55.2 Å². The molecule has 0 radical (unpaired) electrons. The van der Waals surface area contributed by atoms with Crippen molar-refractivity contribution in [3.63, 3.8) is 0 Å². The van der Waals surface area contributed by atoms with Crippen LogP contribution >= 0.6 is 0 Å². The second-order valence-corrected chi connectivity index (χ2v) is 7.77. The van der Waals surface area contributed by atoms with Gasteiger partial charge in [0.15, 0.2) is 6.23 Å². The summed E-state index contributed by atoms with van der Waals surface area (Å²) in [5, 5.41) is 10.1. The Balaban J connectivity index is 1.88. The normalized spacial score (nSPS) is 19.0. The van der Waals surface area contributed by atoms with Crippen LogP contribution in [0.5, 0.6) is 11.5 Å². The fraction of sp³-hybridized carbons (Fsp3) is 0.417. The van der Waals surface area contributed by atoms with Gasteiger partial charge in [-0.3, -0.25) is 9.59 Å². The molecule has 166 valence electrons. The summed E-state index contributed by atoms with van der Waals surface area (Å²) in [5.41, 5.74) is 2.04. The van der Waals surface area contributed by atoms with Crippen LogP contribution in [0.4, 0.5) is 0 Å². The minimum absolute atomic E-state index is 0.215. The van der Waals surface area contributed by atoms with Crippen molar-refractivity contribution in [2.24, 2.45) is 5.92 Å². The summed E-state index contributed by atoms with van der Waals surface area (Å²) < 4.78 is 15.9. The molecule has 3 atom stereocenters. The third-order valence-electron chi connectivity index (χ3n) is 5.58. The number of ether oxygens (including phenoxy) is 3. The average molecular weight is 427 g/mol. The zero-order chi connectivity index (χ0) is 22.5. The topological polar surface area (TPSA) is 85.3 Å². The van der Waals surface area contributed by atoms with Gasteiger partial charge in [0.25, 0.3) is 0 Å². The highest BCUT2D eigenvalue weighted by Gasteiger charge is 2.54. The third-order valence-corrected chi connectivity index (χ3v) is 5.58. The van der Waals surface area contributed by atoms with Gasteiger partial charge in [-0.15, -0.1) is 0 Å². The first-order valence-electron chi connectivity index (χ1n) is 10.3. The van der Waals surface area contributed by atoms with Crippen molar-refractivity contribution < 1.29 is 28.9 Å². The molecule has 0 unspecified atom stereocenters. The lowest BCUT2D eigenvalue weighted by molar-refractivity contribution is -0.213. The Hall–Kier alpha value is -3.06. The van der Waals surface area contributed by atoms with Crippen molar-refractivity contribution in [1.29, 1.82) is 0 Å². The predicted molar refractivity (Wildman–Crippen MR) is 115 cm³/mol. The first-order chi connectivity index (χ1) is 14.8. The molecule has 1 fully saturated rings. The molecule has 1 amide bonds. The zero-order valence-corrected chi connectivity index (χ0v) is 18.3. The summed E-state index contributed by atoms with van der Waals surface area (Å²) in [7, 11) is 3.22. The fourth-order valence-electron chi connectivity index (χ4n) is 3.98. The molecule has 0 aliphatic carbocycles. The molecule has 0 bridgehead atoms. The van der Waals surface area contributed by atoms with Crippen LogP contribution in [-0.4, -0.2) is 54.5 Å². The van der Waals surface area contributed by atoms with E-state index in [1.165, 1.54) is 6.92 Å². The number of esters is 1. The Kier molecular flexibility index (Phi) is 7.17. The van der Waals surface area contributed by atoms with E-state index in [2.05, 4.69) is 0 Å². The van der Waals surface area contributed by atoms with Crippen LogP contribution in [0.2, 0.25) is 0 Å². The SMILES string of the molecule is COc1ccc(CC(Cc2ccc(OC)cc2)N2C(=O)[C@H]([C@@H](C)O)[C@H]2OC(C)=O)cc1. The molecule has 0 aromatic heterocycles. The Morgan fingerprint density at radius 2 is 1.42 bits per heavy atom. The molecule has 2 aromatic carbocycles. The summed E-state index contributed by atoms with van der Waals surface area (Å²) in [5.74, 6) is 0.0529. The molecule has 7 nitrogen and oxygen atoms in total. The van der Waals surface area contributed by atoms with E-state index in [1.807, 2.05) is 48.5 Å². The third kappa shape index (κ3) is 5.17. The minimum atomic E-state index is -0.907. The van der Waals surface area contributed by atoms with Gasteiger partial charge in [0.05, 0.1) is 20.3 Å². The molecule has 0 saturated carbocycles. The number of nitrogens with zero attached hydrogens (tertiary/aromatic N) is 1. The first-order valence-corrected chi connectivity index (χ1v) is 10.3. The van der Waals surface area contributed by atoms with Gasteiger partial charge < -0.3 is 24.2 Å². The van der Waals surface area contributed by atoms with Crippen molar-refractivity contribution >= 4 is 11.9 Å². The number of likely N-dealkylation sites (tertiary alicyclic amines) is 1. The Labute approximate surface area is 182 Å². The number of carbonyl (C=O) groups excluding carboxylic acids is 2. The van der Waals surface area contributed by atoms with Gasteiger partial charge in [0, 0.05) is 13.0 Å². The van der Waals surface area contributed by atoms with Gasteiger partial charge in [-0.2, -0.15) is 0 Å². The maximum absolute atomic E-state index is 13.0. The van der Waals surface area contributed by atoms with E-state index in [-0.39, 0.29) is 11.9 Å². The molecule has 1 aliphatic rings. The number of benzene rings is 2. The van der Waals surface area contributed by atoms with Crippen LogP contribution in [0.15, 0.2) is 48.5 Å². The second-order valence-electron chi connectivity index (χ2n) is 7.77. The van der Waals surface area contributed by atoms with E-state index >= 15 is 0 Å². The summed E-state index contributed by atoms with van der Waals surface area (Å²) >= 11 is 0. The number of aliphatic hydroxyl groups is 1. The number of aliphatic hydroxyl groups excluding tert-OH is 1. The number of rotatable bonds is 9. The van der Waals surface area contributed by atoms with E-state index in [0.29, 0.717) is 12.8 Å². The number of methoxy groups -OCH3 is 2. The molecule has 0 spiro atoms. The van der Waals surface area contributed by atoms with Gasteiger partial charge >= 0.3 is 5.97 Å². The van der Waals surface area contributed by atoms with Gasteiger partial charge in [0.2, 0.25) is 5.91 Å². The van der Waals surface area contributed by atoms with Crippen molar-refractivity contribution in [2.45, 2.75) is 45.1 Å². The zero-order valence-electron chi connectivity index (χ0n) is 18.3. The van der Waals surface area contributed by atoms with Crippen LogP contribution < -0.4 is 9.47 Å². The van der Waals surface area contributed by atoms with Crippen LogP contribution in [0.3, 0.4) is 0 Å². The molecule has 2 aromatic rings. The Bertz CT molecular complexity index is 844. The summed E-state index contributed by atoms with van der Waals surface area (Å²) in [6.45, 7) is 2.85. The molecule has 1 saturated heterocycles. The Morgan fingerprint density at radius 1 is 0.968 bits per heavy atom. The van der Waals surface area contributed by atoms with Crippen molar-refractivity contribution in [2.75, 3.05) is 14.2 Å². The summed E-state index contributed by atoms with van der Waals surface area (Å²) in [4.78, 5) is 26.2. The quantitative estimate of drug-likeness (QED) is 0.489. The first kappa shape index (κ1) is 22.6. The van der Waals surface area contributed by atoms with Crippen molar-refractivity contribution in [3.05, 3.63) is 59.7 Å². The van der Waals surface area contributed by atoms with E-state index < -0.39 is 24.2 Å². The highest BCUT2D eigenvalue weighted by Crippen LogP contribution is 2.35. The number of hydrogen-bond donors (Lipinski definition) is 1. The number of amides is 1. The van der Waals surface area contributed by atoms with Gasteiger partial charge in [-0.25, -0.2) is 0 Å². The lowest BCUT2D eigenvalue weighted by atomic mass is 9.85. The van der Waals surface area contributed by atoms with E-state index in [1.54, 1.807) is 26.0 Å². The molecule has 31 heavy (non-hydrogen) atoms. The number of carbonyl (C=O) groups is 2. The van der Waals surface area contributed by atoms with Crippen molar-refractivity contribution in [3.8, 4) is 11.5 Å². The molecule has 1 N–H and O–H groups in total. The Morgan fingerprint density at radius 3 is 1.77 bits per heavy atom. The lowest BCUT2D eigenvalue weighted by Crippen LogP contribution is -2.69. The molecule has 1 aliphatic heterocycles. The average Bonchev–Trinajstić information content (AvgIpc) is 2.74. The van der Waals surface area contributed by atoms with E-state index in [0.717, 1.165) is 22.6 Å². The van der Waals surface area contributed by atoms with Crippen molar-refractivity contribution in [1.82, 2.24) is 4.90 Å². The largest absolute Gasteiger partial charge is 0.497 e. The molecule has 7 heteroatoms. The van der Waals surface area contributed by atoms with Crippen LogP contribution in [0, 0.1) is 5.92 Å². The smallest absolute Gasteiger partial charge is 0.304 e. The maximum Gasteiger partial charge on any atom is 0.304 e. The highest BCUT2D eigenvalue weighted by atomic mass is 16.6. The molecule has 1 heterocycles. The van der Waals surface area contributed by atoms with Gasteiger partial charge in [0.1, 0.15) is 17.4 Å². The highest BCUT2D eigenvalue weighted by molar-refractivity contribution is 5.87. The predicted octanol–water partition coefficient (Wildman–Crippen LogP) is 2.59. The monoisotopic (exact) mass is 427 g/mol. The van der Waals surface area contributed by atoms with E-state index in [9.17, 15) is 14.7 Å². The number of β-lactam (4-membered cyclic amide) rings is 1. The summed E-state index contributed by atoms with van der Waals surface area (Å²) in [6.07, 6.45) is -0.569. The fourth-order valence-corrected chi connectivity index (χ4v) is 3.98. The minimum Gasteiger partial charge on any atom is -0.497 e. The second kappa shape index (κ2) is 9.83. The lowest BCUT2D eigenvalue weighted by Gasteiger charge is -2.50. The van der Waals surface area contributed by atoms with Crippen LogP contribution in [0.1, 0.15) is 25.0 Å². The van der Waals surface area contributed by atoms with Crippen LogP contribution in [-0.2, 0) is 27.2 Å². The maximum atomic E-state index is 13.0. The molecular weight excluding hydrogens is 398 g/mol. The number of hydrogen-bond acceptors (Lipinski definition) is 6. The molecule has 3 rings (SSSR count). The van der Waals surface area contributed by atoms with E-state index in [4.69, 9.17) is 14.2 Å². The molecular formula is C24H29NO6. The van der Waals surface area contributed by atoms with Gasteiger partial charge in [-0.1, -0.05) is 24.3 Å². The van der Waals surface area contributed by atoms with Crippen LogP contribution in [0.25, 0.3) is 0 Å².